The number of rotatable bonds is 5. The monoisotopic (exact) mass is 492 g/mol. The molecule has 0 aromatic heterocycles. The largest absolute Gasteiger partial charge is 0.741 e. The van der Waals surface area contributed by atoms with Gasteiger partial charge in [0.15, 0.2) is 16.0 Å². The quantitative estimate of drug-likeness (QED) is 0.263. The van der Waals surface area contributed by atoms with Crippen LogP contribution < -0.4 is 0 Å². The van der Waals surface area contributed by atoms with E-state index in [1.807, 2.05) is 0 Å². The predicted molar refractivity (Wildman–Crippen MR) is 124 cm³/mol. The lowest BCUT2D eigenvalue weighted by atomic mass is 10.2. The first kappa shape index (κ1) is 28.6. The van der Waals surface area contributed by atoms with Gasteiger partial charge in [-0.05, 0) is 47.1 Å². The van der Waals surface area contributed by atoms with E-state index in [1.54, 1.807) is 0 Å². The number of benzene rings is 2. The van der Waals surface area contributed by atoms with Crippen molar-refractivity contribution < 1.29 is 30.9 Å². The Morgan fingerprint density at radius 1 is 0.844 bits per heavy atom. The molecule has 2 rings (SSSR count). The molecule has 0 fully saturated rings. The standard InChI is InChI=1S/C22H31OP.CHF3O3S/c1-21(2,3)24(22(4,5)6)20(19-15-11-8-12-16-19)23-17-18-13-9-7-10-14-18;2-1(3,4)8(5,6)7/h7-16,20H,17H2,1-6H3;(H,5,6,7)/t20-;/m0./s1. The third-order valence-electron chi connectivity index (χ3n) is 4.52. The van der Waals surface area contributed by atoms with Gasteiger partial charge in [0.05, 0.1) is 16.9 Å². The maximum Gasteiger partial charge on any atom is 0.485 e. The lowest BCUT2D eigenvalue weighted by Gasteiger charge is -2.38. The summed E-state index contributed by atoms with van der Waals surface area (Å²) in [5, 5.41) is 0.500. The minimum Gasteiger partial charge on any atom is -0.741 e. The van der Waals surface area contributed by atoms with Gasteiger partial charge in [-0.1, -0.05) is 60.7 Å². The molecule has 2 aromatic carbocycles. The molecule has 0 amide bonds. The first-order valence-corrected chi connectivity index (χ1v) is 13.0. The van der Waals surface area contributed by atoms with Gasteiger partial charge in [-0.25, -0.2) is 8.42 Å². The Labute approximate surface area is 190 Å². The van der Waals surface area contributed by atoms with E-state index in [2.05, 4.69) is 102 Å². The summed E-state index contributed by atoms with van der Waals surface area (Å²) in [4.78, 5) is 0. The van der Waals surface area contributed by atoms with Crippen molar-refractivity contribution in [3.05, 3.63) is 71.8 Å². The average molecular weight is 493 g/mol. The van der Waals surface area contributed by atoms with Crippen molar-refractivity contribution in [1.82, 2.24) is 0 Å². The third kappa shape index (κ3) is 9.18. The molecule has 2 aromatic rings. The van der Waals surface area contributed by atoms with E-state index in [1.165, 1.54) is 11.1 Å². The second kappa shape index (κ2) is 11.1. The van der Waals surface area contributed by atoms with E-state index in [4.69, 9.17) is 17.7 Å². The topological polar surface area (TPSA) is 66.4 Å². The van der Waals surface area contributed by atoms with E-state index >= 15 is 0 Å². The number of hydrogen-bond acceptors (Lipinski definition) is 4. The molecular weight excluding hydrogens is 460 g/mol. The Morgan fingerprint density at radius 2 is 1.22 bits per heavy atom. The number of hydrogen-bond donors (Lipinski definition) is 0. The Kier molecular flexibility index (Phi) is 9.91. The summed E-state index contributed by atoms with van der Waals surface area (Å²) in [6, 6.07) is 21.3. The SMILES string of the molecule is CC(C)(C)[PH+]([C@H](OCc1ccccc1)c1ccccc1)C(C)(C)C.O=S(=O)([O-])C(F)(F)F. The van der Waals surface area contributed by atoms with E-state index in [-0.39, 0.29) is 16.2 Å². The normalized spacial score (nSPS) is 14.0. The van der Waals surface area contributed by atoms with Crippen molar-refractivity contribution in [2.24, 2.45) is 0 Å². The van der Waals surface area contributed by atoms with E-state index in [0.29, 0.717) is 6.61 Å². The number of halogens is 3. The van der Waals surface area contributed by atoms with Crippen molar-refractivity contribution in [1.29, 1.82) is 0 Å². The van der Waals surface area contributed by atoms with Crippen LogP contribution in [0, 0.1) is 0 Å². The Morgan fingerprint density at radius 3 is 1.56 bits per heavy atom. The fourth-order valence-electron chi connectivity index (χ4n) is 3.64. The highest BCUT2D eigenvalue weighted by molar-refractivity contribution is 7.86. The summed E-state index contributed by atoms with van der Waals surface area (Å²) in [6.45, 7) is 14.9. The van der Waals surface area contributed by atoms with E-state index in [0.717, 1.165) is 0 Å². The van der Waals surface area contributed by atoms with E-state index < -0.39 is 23.5 Å². The molecule has 1 atom stereocenters. The zero-order chi connectivity index (χ0) is 24.8. The molecule has 4 nitrogen and oxygen atoms in total. The smallest absolute Gasteiger partial charge is 0.485 e. The van der Waals surface area contributed by atoms with Gasteiger partial charge >= 0.3 is 5.51 Å². The van der Waals surface area contributed by atoms with Crippen LogP contribution in [0.25, 0.3) is 0 Å². The predicted octanol–water partition coefficient (Wildman–Crippen LogP) is 6.76. The van der Waals surface area contributed by atoms with Crippen LogP contribution in [-0.4, -0.2) is 28.8 Å². The average Bonchev–Trinajstić information content (AvgIpc) is 2.63. The number of ether oxygens (including phenoxy) is 1. The fourth-order valence-corrected chi connectivity index (χ4v) is 8.24. The molecule has 0 N–H and O–H groups in total. The van der Waals surface area contributed by atoms with Gasteiger partial charge in [0.25, 0.3) is 0 Å². The summed E-state index contributed by atoms with van der Waals surface area (Å²) in [5.74, 6) is 0.177. The van der Waals surface area contributed by atoms with Crippen LogP contribution in [0.4, 0.5) is 13.2 Å². The van der Waals surface area contributed by atoms with Gasteiger partial charge in [0, 0.05) is 13.5 Å². The molecule has 0 aliphatic rings. The summed E-state index contributed by atoms with van der Waals surface area (Å²) in [7, 11) is -6.95. The molecule has 0 aliphatic carbocycles. The lowest BCUT2D eigenvalue weighted by Crippen LogP contribution is -2.29. The zero-order valence-electron chi connectivity index (χ0n) is 19.2. The van der Waals surface area contributed by atoms with E-state index in [9.17, 15) is 13.2 Å². The fraction of sp³-hybridized carbons (Fsp3) is 0.478. The molecule has 0 saturated carbocycles. The van der Waals surface area contributed by atoms with Crippen LogP contribution in [0.15, 0.2) is 60.7 Å². The van der Waals surface area contributed by atoms with Crippen LogP contribution >= 0.6 is 7.92 Å². The Balaban J connectivity index is 0.000000547. The summed E-state index contributed by atoms with van der Waals surface area (Å²) >= 11 is 0. The highest BCUT2D eigenvalue weighted by Crippen LogP contribution is 2.68. The molecule has 0 unspecified atom stereocenters. The van der Waals surface area contributed by atoms with Gasteiger partial charge in [-0.3, -0.25) is 0 Å². The van der Waals surface area contributed by atoms with Gasteiger partial charge in [0.1, 0.15) is 0 Å². The van der Waals surface area contributed by atoms with Crippen molar-refractivity contribution >= 4 is 18.0 Å². The van der Waals surface area contributed by atoms with Gasteiger partial charge in [-0.15, -0.1) is 0 Å². The van der Waals surface area contributed by atoms with Crippen molar-refractivity contribution in [3.8, 4) is 0 Å². The molecule has 0 spiro atoms. The first-order valence-electron chi connectivity index (χ1n) is 10.0. The molecule has 180 valence electrons. The summed E-state index contributed by atoms with van der Waals surface area (Å²) in [5.41, 5.74) is -3.10. The van der Waals surface area contributed by atoms with Crippen molar-refractivity contribution in [2.75, 3.05) is 0 Å². The maximum atomic E-state index is 10.7. The zero-order valence-corrected chi connectivity index (χ0v) is 21.0. The van der Waals surface area contributed by atoms with Crippen LogP contribution in [0.3, 0.4) is 0 Å². The minimum atomic E-state index is -6.09. The lowest BCUT2D eigenvalue weighted by molar-refractivity contribution is -0.0517. The second-order valence-electron chi connectivity index (χ2n) is 9.40. The molecular formula is C23H32F3O4PS. The molecule has 0 saturated heterocycles. The molecule has 0 heterocycles. The maximum absolute atomic E-state index is 10.7. The Hall–Kier alpha value is -1.47. The molecule has 0 aliphatic heterocycles. The molecule has 9 heteroatoms. The van der Waals surface area contributed by atoms with Gasteiger partial charge in [0.2, 0.25) is 0 Å². The van der Waals surface area contributed by atoms with Crippen LogP contribution in [0.1, 0.15) is 58.5 Å². The summed E-state index contributed by atoms with van der Waals surface area (Å²) in [6.07, 6.45) is 0. The Bertz CT molecular complexity index is 906. The van der Waals surface area contributed by atoms with Gasteiger partial charge in [-0.2, -0.15) is 13.2 Å². The highest BCUT2D eigenvalue weighted by atomic mass is 32.2. The third-order valence-corrected chi connectivity index (χ3v) is 9.35. The molecule has 0 radical (unpaired) electrons. The minimum absolute atomic E-state index is 0.177. The highest BCUT2D eigenvalue weighted by Gasteiger charge is 2.48. The number of alkyl halides is 3. The van der Waals surface area contributed by atoms with Crippen molar-refractivity contribution in [3.63, 3.8) is 0 Å². The van der Waals surface area contributed by atoms with Crippen LogP contribution in [-0.2, 0) is 21.5 Å². The van der Waals surface area contributed by atoms with Gasteiger partial charge < -0.3 is 9.29 Å². The van der Waals surface area contributed by atoms with Crippen molar-refractivity contribution in [2.45, 2.75) is 69.8 Å². The second-order valence-corrected chi connectivity index (χ2v) is 15.1. The summed E-state index contributed by atoms with van der Waals surface area (Å²) < 4.78 is 65.5. The van der Waals surface area contributed by atoms with Crippen LogP contribution in [0.2, 0.25) is 0 Å². The molecule has 0 bridgehead atoms. The molecule has 32 heavy (non-hydrogen) atoms. The first-order chi connectivity index (χ1) is 14.4. The van der Waals surface area contributed by atoms with Crippen LogP contribution in [0.5, 0.6) is 0 Å².